The molecule has 8 heterocycles. The van der Waals surface area contributed by atoms with Crippen LogP contribution in [-0.4, -0.2) is 215 Å². The van der Waals surface area contributed by atoms with E-state index in [0.717, 1.165) is 59.2 Å². The van der Waals surface area contributed by atoms with E-state index in [1.807, 2.05) is 50.2 Å². The third-order valence-electron chi connectivity index (χ3n) is 23.7. The highest BCUT2D eigenvalue weighted by Crippen LogP contribution is 2.53. The van der Waals surface area contributed by atoms with E-state index in [-0.39, 0.29) is 75.9 Å². The first-order valence-corrected chi connectivity index (χ1v) is 41.7. The number of rotatable bonds is 19. The molecule has 36 nitrogen and oxygen atoms in total. The normalized spacial score (nSPS) is 30.3. The zero-order chi connectivity index (χ0) is 90.8. The van der Waals surface area contributed by atoms with E-state index in [4.69, 9.17) is 84.2 Å². The molecular weight excluding hydrogens is 1710 g/mol. The Hall–Kier alpha value is -10.3. The first-order valence-electron chi connectivity index (χ1n) is 40.6. The summed E-state index contributed by atoms with van der Waals surface area (Å²) in [7, 11) is 1.48. The SMILES string of the molecule is CN[C@H](CC(C)C)C(=O)N[C@H]1C(=O)N[C@@H](CC(N)=O)C(=O)N[C@H]2C(=O)N[C@H]3C(=O)N[C@H](C(=O)N[C@H](C(=O)O)c4cc(O)cc5c4-c4cc3ccc4C5(O)O)[C@H](O[C@H]3C[C@](C)(N)[C@@H](O)[C@H](C)O3)c3ccc(c(Cl)c3)Oc3cc2cc(c3O[C@@H]2O[C@H](CO)[C@@H](O)[C@H](O)[C@H]2O[C@H]2C[C@](C)(NCc3ccc(-c4ccc(Cl)cc4)cc3)[C@@H](O)[C@H](C)O2)Oc2ccc(cc2Cl)[C@H]1O. The first kappa shape index (κ1) is 91.9. The molecule has 22 N–H and O–H groups in total. The number of carboxylic acid groups (broad SMARTS) is 1. The van der Waals surface area contributed by atoms with Gasteiger partial charge in [-0.15, -0.1) is 0 Å². The van der Waals surface area contributed by atoms with Crippen LogP contribution >= 0.6 is 34.8 Å². The molecule has 7 amide bonds. The lowest BCUT2D eigenvalue weighted by Crippen LogP contribution is -2.65. The maximum atomic E-state index is 16.6. The number of phenolic OH excluding ortho intramolecular Hbond substituents is 1. The maximum absolute atomic E-state index is 16.6. The highest BCUT2D eigenvalue weighted by molar-refractivity contribution is 6.32. The number of fused-ring (bicyclic) bond motifs is 12. The summed E-state index contributed by atoms with van der Waals surface area (Å²) in [5, 5.41) is 139. The van der Waals surface area contributed by atoms with Gasteiger partial charge in [-0.1, -0.05) is 109 Å². The van der Waals surface area contributed by atoms with Crippen LogP contribution in [0, 0.1) is 5.92 Å². The molecule has 9 aliphatic rings. The van der Waals surface area contributed by atoms with Crippen molar-refractivity contribution in [3.05, 3.63) is 187 Å². The van der Waals surface area contributed by atoms with Gasteiger partial charge in [-0.2, -0.15) is 0 Å². The zero-order valence-electron chi connectivity index (χ0n) is 68.8. The molecule has 0 unspecified atom stereocenters. The molecule has 7 aromatic rings. The predicted octanol–water partition coefficient (Wildman–Crippen LogP) is 3.58. The smallest absolute Gasteiger partial charge is 0.330 e. The van der Waals surface area contributed by atoms with Crippen LogP contribution in [0.4, 0.5) is 0 Å². The summed E-state index contributed by atoms with van der Waals surface area (Å²) in [6, 6.07) is 15.3. The average molecular weight is 1810 g/mol. The molecule has 16 rings (SSSR count). The van der Waals surface area contributed by atoms with E-state index in [0.29, 0.717) is 5.02 Å². The highest BCUT2D eigenvalue weighted by atomic mass is 35.5. The number of nitrogens with two attached hydrogens (primary N) is 2. The van der Waals surface area contributed by atoms with Gasteiger partial charge in [0.2, 0.25) is 59.2 Å². The standard InChI is InChI=1S/C87H97Cl3N10O26/c1-35(2)22-53(93-7)77(109)99-67-69(104)42-15-20-55(51(89)24-42)121-57-26-44-27-58(73(57)126-84-74(71(106)70(105)59(34-101)123-84)125-62-32-86(6,76(108)37(4)120-62)94-33-38-8-10-39(11-9-38)40-12-17-45(88)18-13-40)122-56-21-16-43(25-52(56)90)72(124-61-31-85(5,92)75(107)36(3)119-61)68-82(114)98-66(83(115)116)48-28-46(102)29-50-63(48)47-23-41(14-19-49(47)87(50,117)118)64(79(111)100-68)97-80(112)65(44)96-78(110)54(30-60(91)103)95-81(67)113/h8-21,23-29,35-37,53-54,59,61-62,64-72,74-76,84,93-94,101-102,104-108,117-118H,22,30-34,92H2,1-7H3,(H2,91,103)(H,95,113)(H,96,110)(H,97,112)(H,98,114)(H,99,109)(H,100,111)(H,115,116)/t36-,37-,53+,54-,59+,61-,62-,64+,65+,66-,67+,68-,69+,70+,71-,72+,74+,75-,76-,84-,85-,86-/m0/s1. The van der Waals surface area contributed by atoms with Crippen LogP contribution in [0.15, 0.2) is 127 Å². The largest absolute Gasteiger partial charge is 0.508 e. The van der Waals surface area contributed by atoms with Gasteiger partial charge in [0.05, 0.1) is 53.5 Å². The van der Waals surface area contributed by atoms with Crippen LogP contribution < -0.4 is 68.2 Å². The summed E-state index contributed by atoms with van der Waals surface area (Å²) in [5.74, 6) is -17.4. The molecule has 1 aliphatic carbocycles. The molecule has 672 valence electrons. The van der Waals surface area contributed by atoms with Gasteiger partial charge in [0.25, 0.3) is 0 Å². The molecule has 0 aromatic heterocycles. The number of likely N-dealkylation sites (N-methyl/N-ethyl adjacent to an activating group) is 1. The number of hydrogen-bond acceptors (Lipinski definition) is 28. The van der Waals surface area contributed by atoms with E-state index in [2.05, 4.69) is 42.5 Å². The van der Waals surface area contributed by atoms with Gasteiger partial charge >= 0.3 is 5.97 Å². The third kappa shape index (κ3) is 18.9. The third-order valence-corrected chi connectivity index (χ3v) is 24.6. The van der Waals surface area contributed by atoms with Crippen molar-refractivity contribution >= 4 is 82.1 Å². The topological polar surface area (TPSA) is 561 Å². The number of amides is 7. The highest BCUT2D eigenvalue weighted by Gasteiger charge is 2.54. The van der Waals surface area contributed by atoms with Crippen molar-refractivity contribution in [2.24, 2.45) is 17.4 Å². The summed E-state index contributed by atoms with van der Waals surface area (Å²) in [6.07, 6.45) is -22.9. The van der Waals surface area contributed by atoms with E-state index in [1.54, 1.807) is 26.0 Å². The van der Waals surface area contributed by atoms with Gasteiger partial charge in [0, 0.05) is 46.6 Å². The number of carbonyl (C=O) groups excluding carboxylic acids is 7. The monoisotopic (exact) mass is 1800 g/mol. The minimum Gasteiger partial charge on any atom is -0.508 e. The summed E-state index contributed by atoms with van der Waals surface area (Å²) in [6.45, 7) is 9.09. The molecule has 8 aliphatic heterocycles. The number of carbonyl (C=O) groups is 8. The predicted molar refractivity (Wildman–Crippen MR) is 447 cm³/mol. The van der Waals surface area contributed by atoms with E-state index in [1.165, 1.54) is 57.3 Å². The second-order valence-electron chi connectivity index (χ2n) is 33.4. The second kappa shape index (κ2) is 36.8. The minimum atomic E-state index is -3.06. The fraction of sp³-hybridized carbons (Fsp3) is 0.425. The maximum Gasteiger partial charge on any atom is 0.330 e. The number of aliphatic hydroxyl groups is 8. The Balaban J connectivity index is 0.966. The zero-order valence-corrected chi connectivity index (χ0v) is 71.1. The van der Waals surface area contributed by atoms with Crippen LogP contribution in [-0.2, 0) is 74.4 Å². The van der Waals surface area contributed by atoms with Crippen LogP contribution in [0.2, 0.25) is 15.1 Å². The number of ether oxygens (including phenoxy) is 8. The number of aliphatic hydroxyl groups excluding tert-OH is 6. The molecule has 3 fully saturated rings. The van der Waals surface area contributed by atoms with Gasteiger partial charge < -0.3 is 143 Å². The molecule has 3 saturated heterocycles. The number of benzene rings is 7. The van der Waals surface area contributed by atoms with Gasteiger partial charge in [0.1, 0.15) is 78.0 Å². The Bertz CT molecular complexity index is 5370. The van der Waals surface area contributed by atoms with Gasteiger partial charge in [-0.05, 0) is 169 Å². The summed E-state index contributed by atoms with van der Waals surface area (Å²) in [4.78, 5) is 121. The number of aliphatic carboxylic acids is 1. The van der Waals surface area contributed by atoms with E-state index < -0.39 is 250 Å². The Labute approximate surface area is 735 Å². The van der Waals surface area contributed by atoms with Gasteiger partial charge in [-0.25, -0.2) is 4.79 Å². The molecule has 39 heteroatoms. The second-order valence-corrected chi connectivity index (χ2v) is 34.7. The van der Waals surface area contributed by atoms with Gasteiger partial charge in [0.15, 0.2) is 36.2 Å². The quantitative estimate of drug-likeness (QED) is 0.0514. The van der Waals surface area contributed by atoms with Crippen molar-refractivity contribution in [2.45, 2.75) is 213 Å². The average Bonchev–Trinajstić information content (AvgIpc) is 1.57. The van der Waals surface area contributed by atoms with Crippen molar-refractivity contribution in [1.82, 2.24) is 42.5 Å². The van der Waals surface area contributed by atoms with Crippen LogP contribution in [0.5, 0.6) is 34.5 Å². The molecule has 0 radical (unpaired) electrons. The molecule has 126 heavy (non-hydrogen) atoms. The van der Waals surface area contributed by atoms with E-state index in [9.17, 15) is 65.4 Å². The number of aromatic hydroxyl groups is 1. The minimum absolute atomic E-state index is 0.118. The van der Waals surface area contributed by atoms with Crippen molar-refractivity contribution in [3.63, 3.8) is 0 Å². The van der Waals surface area contributed by atoms with Crippen molar-refractivity contribution in [1.29, 1.82) is 0 Å². The summed E-state index contributed by atoms with van der Waals surface area (Å²) >= 11 is 20.9. The lowest BCUT2D eigenvalue weighted by atomic mass is 9.84. The van der Waals surface area contributed by atoms with Crippen LogP contribution in [0.25, 0.3) is 22.3 Å². The van der Waals surface area contributed by atoms with Crippen LogP contribution in [0.3, 0.4) is 0 Å². The first-order chi connectivity index (χ1) is 59.6. The number of hydrogen-bond donors (Lipinski definition) is 20. The molecule has 7 aromatic carbocycles. The molecule has 22 atom stereocenters. The lowest BCUT2D eigenvalue weighted by molar-refractivity contribution is -0.334. The number of nitrogens with one attached hydrogen (secondary N) is 8. The molecule has 0 spiro atoms. The van der Waals surface area contributed by atoms with Crippen molar-refractivity contribution in [2.75, 3.05) is 13.7 Å². The lowest BCUT2D eigenvalue weighted by Gasteiger charge is -2.48. The summed E-state index contributed by atoms with van der Waals surface area (Å²) < 4.78 is 53.0. The number of primary amides is 1. The fourth-order valence-corrected chi connectivity index (χ4v) is 17.5. The molecular formula is C87H97Cl3N10O26. The Kier molecular flexibility index (Phi) is 26.9. The van der Waals surface area contributed by atoms with Gasteiger partial charge in [-0.3, -0.25) is 33.6 Å². The Morgan fingerprint density at radius 3 is 1.85 bits per heavy atom. The van der Waals surface area contributed by atoms with Crippen molar-refractivity contribution < 1.29 is 127 Å². The summed E-state index contributed by atoms with van der Waals surface area (Å²) in [5.41, 5.74) is 9.49. The molecule has 11 bridgehead atoms. The number of phenols is 1. The molecule has 0 saturated carbocycles. The Morgan fingerprint density at radius 2 is 1.24 bits per heavy atom. The number of halogens is 3. The number of carboxylic acids is 1. The van der Waals surface area contributed by atoms with Crippen molar-refractivity contribution in [3.8, 4) is 56.8 Å². The fourth-order valence-electron chi connectivity index (χ4n) is 16.9. The Morgan fingerprint density at radius 1 is 0.643 bits per heavy atom. The van der Waals surface area contributed by atoms with Crippen LogP contribution in [0.1, 0.15) is 142 Å². The van der Waals surface area contributed by atoms with E-state index >= 15 is 24.0 Å².